The lowest BCUT2D eigenvalue weighted by Gasteiger charge is -2.33. The van der Waals surface area contributed by atoms with Crippen molar-refractivity contribution in [2.45, 2.75) is 25.4 Å². The summed E-state index contributed by atoms with van der Waals surface area (Å²) >= 11 is 0. The summed E-state index contributed by atoms with van der Waals surface area (Å²) in [6.45, 7) is 3.35. The lowest BCUT2D eigenvalue weighted by Crippen LogP contribution is -2.46. The van der Waals surface area contributed by atoms with Gasteiger partial charge < -0.3 is 20.3 Å². The minimum Gasteiger partial charge on any atom is -0.476 e. The zero-order valence-corrected chi connectivity index (χ0v) is 19.7. The lowest BCUT2D eigenvalue weighted by atomic mass is 9.91. The van der Waals surface area contributed by atoms with E-state index in [1.54, 1.807) is 18.3 Å². The van der Waals surface area contributed by atoms with Crippen molar-refractivity contribution in [3.8, 4) is 5.75 Å². The number of aromatic nitrogens is 1. The second-order valence-electron chi connectivity index (χ2n) is 9.99. The maximum absolute atomic E-state index is 12.9. The fraction of sp³-hybridized carbons (Fsp3) is 0.393. The average molecular weight is 471 g/mol. The van der Waals surface area contributed by atoms with Crippen LogP contribution in [0, 0.1) is 17.8 Å². The molecule has 1 aromatic carbocycles. The van der Waals surface area contributed by atoms with Crippen molar-refractivity contribution in [1.82, 2.24) is 15.2 Å². The van der Waals surface area contributed by atoms with Gasteiger partial charge in [-0.15, -0.1) is 0 Å². The van der Waals surface area contributed by atoms with Crippen LogP contribution in [0.25, 0.3) is 11.6 Å². The minimum atomic E-state index is -0.495. The molecule has 2 aromatic rings. The normalized spacial score (nSPS) is 26.2. The van der Waals surface area contributed by atoms with Crippen LogP contribution in [0.2, 0.25) is 0 Å². The number of carbonyl (C=O) groups excluding carboxylic acids is 2. The molecule has 2 amide bonds. The van der Waals surface area contributed by atoms with Gasteiger partial charge in [0.25, 0.3) is 5.91 Å². The van der Waals surface area contributed by atoms with E-state index >= 15 is 0 Å². The van der Waals surface area contributed by atoms with Crippen molar-refractivity contribution in [3.05, 3.63) is 65.9 Å². The average Bonchev–Trinajstić information content (AvgIpc) is 3.48. The molecule has 0 bridgehead atoms. The van der Waals surface area contributed by atoms with E-state index in [4.69, 9.17) is 4.74 Å². The number of amides is 2. The monoisotopic (exact) mass is 470 g/mol. The molecule has 4 aliphatic rings. The van der Waals surface area contributed by atoms with Crippen LogP contribution in [0.15, 0.2) is 54.7 Å². The van der Waals surface area contributed by atoms with Crippen molar-refractivity contribution in [2.75, 3.05) is 31.5 Å². The number of nitrogens with one attached hydrogen (secondary N) is 2. The molecule has 1 aromatic heterocycles. The third-order valence-electron chi connectivity index (χ3n) is 7.70. The molecule has 3 atom stereocenters. The van der Waals surface area contributed by atoms with Gasteiger partial charge in [0.15, 0.2) is 17.7 Å². The van der Waals surface area contributed by atoms with Crippen LogP contribution in [0.3, 0.4) is 0 Å². The second-order valence-corrected chi connectivity index (χ2v) is 9.99. The Hall–Kier alpha value is -3.45. The van der Waals surface area contributed by atoms with E-state index in [0.717, 1.165) is 51.0 Å². The molecule has 0 spiro atoms. The number of carbonyl (C=O) groups is 2. The first-order valence-corrected chi connectivity index (χ1v) is 12.6. The SMILES string of the molecule is O=C1Nc2ncc(C=CC(=O)N3CC4C=C(c5ccccc5)CC4C3)cc2OC1C1CCNCC1. The highest BCUT2D eigenvalue weighted by Gasteiger charge is 2.38. The van der Waals surface area contributed by atoms with Gasteiger partial charge in [0.05, 0.1) is 0 Å². The number of allylic oxidation sites excluding steroid dienone is 1. The van der Waals surface area contributed by atoms with Crippen LogP contribution in [-0.4, -0.2) is 54.0 Å². The van der Waals surface area contributed by atoms with E-state index in [-0.39, 0.29) is 17.7 Å². The molecule has 7 nitrogen and oxygen atoms in total. The number of rotatable bonds is 4. The maximum Gasteiger partial charge on any atom is 0.266 e. The number of hydrogen-bond donors (Lipinski definition) is 2. The number of pyridine rings is 1. The van der Waals surface area contributed by atoms with Crippen molar-refractivity contribution in [2.24, 2.45) is 17.8 Å². The van der Waals surface area contributed by atoms with Crippen molar-refractivity contribution in [1.29, 1.82) is 0 Å². The van der Waals surface area contributed by atoms with E-state index < -0.39 is 6.10 Å². The third kappa shape index (κ3) is 4.48. The Morgan fingerprint density at radius 2 is 1.94 bits per heavy atom. The zero-order valence-electron chi connectivity index (χ0n) is 19.7. The highest BCUT2D eigenvalue weighted by Crippen LogP contribution is 2.41. The van der Waals surface area contributed by atoms with Crippen LogP contribution in [0.5, 0.6) is 5.75 Å². The van der Waals surface area contributed by atoms with E-state index in [2.05, 4.69) is 46.0 Å². The van der Waals surface area contributed by atoms with Gasteiger partial charge in [-0.25, -0.2) is 4.98 Å². The van der Waals surface area contributed by atoms with Gasteiger partial charge in [0.1, 0.15) is 0 Å². The van der Waals surface area contributed by atoms with E-state index in [9.17, 15) is 9.59 Å². The van der Waals surface area contributed by atoms with Gasteiger partial charge >= 0.3 is 0 Å². The Bertz CT molecular complexity index is 1190. The second kappa shape index (κ2) is 9.30. The Morgan fingerprint density at radius 1 is 1.11 bits per heavy atom. The van der Waals surface area contributed by atoms with Crippen LogP contribution >= 0.6 is 0 Å². The summed E-state index contributed by atoms with van der Waals surface area (Å²) in [6.07, 6.45) is 9.78. The van der Waals surface area contributed by atoms with Crippen LogP contribution in [0.1, 0.15) is 30.4 Å². The molecule has 6 rings (SSSR count). The number of nitrogens with zero attached hydrogens (tertiary/aromatic N) is 2. The molecule has 7 heteroatoms. The number of anilines is 1. The molecule has 3 aliphatic heterocycles. The molecule has 2 fully saturated rings. The summed E-state index contributed by atoms with van der Waals surface area (Å²) in [7, 11) is 0. The summed E-state index contributed by atoms with van der Waals surface area (Å²) < 4.78 is 6.09. The zero-order chi connectivity index (χ0) is 23.8. The van der Waals surface area contributed by atoms with Gasteiger partial charge in [-0.2, -0.15) is 0 Å². The molecule has 3 unspecified atom stereocenters. The van der Waals surface area contributed by atoms with Crippen LogP contribution < -0.4 is 15.4 Å². The summed E-state index contributed by atoms with van der Waals surface area (Å²) in [5.74, 6) is 2.02. The first-order valence-electron chi connectivity index (χ1n) is 12.6. The molecule has 0 radical (unpaired) electrons. The fourth-order valence-corrected chi connectivity index (χ4v) is 5.80. The summed E-state index contributed by atoms with van der Waals surface area (Å²) in [5.41, 5.74) is 3.47. The van der Waals surface area contributed by atoms with Gasteiger partial charge in [-0.1, -0.05) is 36.4 Å². The van der Waals surface area contributed by atoms with Crippen molar-refractivity contribution in [3.63, 3.8) is 0 Å². The number of benzene rings is 1. The Labute approximate surface area is 205 Å². The molecular weight excluding hydrogens is 440 g/mol. The number of hydrogen-bond acceptors (Lipinski definition) is 5. The predicted octanol–water partition coefficient (Wildman–Crippen LogP) is 3.36. The van der Waals surface area contributed by atoms with Gasteiger partial charge in [-0.05, 0) is 73.0 Å². The molecule has 1 aliphatic carbocycles. The Morgan fingerprint density at radius 3 is 2.74 bits per heavy atom. The summed E-state index contributed by atoms with van der Waals surface area (Å²) in [4.78, 5) is 31.7. The Balaban J connectivity index is 1.10. The van der Waals surface area contributed by atoms with Crippen molar-refractivity contribution >= 4 is 29.3 Å². The Kier molecular flexibility index (Phi) is 5.86. The molecule has 35 heavy (non-hydrogen) atoms. The minimum absolute atomic E-state index is 0.0218. The van der Waals surface area contributed by atoms with Crippen molar-refractivity contribution < 1.29 is 14.3 Å². The third-order valence-corrected chi connectivity index (χ3v) is 7.70. The smallest absolute Gasteiger partial charge is 0.266 e. The molecule has 180 valence electrons. The fourth-order valence-electron chi connectivity index (χ4n) is 5.80. The predicted molar refractivity (Wildman–Crippen MR) is 135 cm³/mol. The largest absolute Gasteiger partial charge is 0.476 e. The highest BCUT2D eigenvalue weighted by atomic mass is 16.5. The van der Waals surface area contributed by atoms with Gasteiger partial charge in [-0.3, -0.25) is 9.59 Å². The molecule has 4 heterocycles. The van der Waals surface area contributed by atoms with Crippen LogP contribution in [0.4, 0.5) is 5.82 Å². The quantitative estimate of drug-likeness (QED) is 0.670. The summed E-state index contributed by atoms with van der Waals surface area (Å²) in [6, 6.07) is 12.4. The van der Waals surface area contributed by atoms with Crippen LogP contribution in [-0.2, 0) is 9.59 Å². The molecule has 2 N–H and O–H groups in total. The maximum atomic E-state index is 12.9. The van der Waals surface area contributed by atoms with E-state index in [1.165, 1.54) is 11.1 Å². The van der Waals surface area contributed by atoms with E-state index in [1.807, 2.05) is 17.0 Å². The van der Waals surface area contributed by atoms with Gasteiger partial charge in [0, 0.05) is 31.3 Å². The number of piperidine rings is 1. The lowest BCUT2D eigenvalue weighted by molar-refractivity contribution is -0.126. The molecule has 2 saturated heterocycles. The molecular formula is C28H30N4O3. The number of ether oxygens (including phenoxy) is 1. The van der Waals surface area contributed by atoms with E-state index in [0.29, 0.717) is 23.4 Å². The first kappa shape index (κ1) is 22.0. The number of fused-ring (bicyclic) bond motifs is 2. The standard InChI is InChI=1S/C28H30N4O3/c33-25(32-16-22-13-21(14-23(22)17-32)19-4-2-1-3-5-19)7-6-18-12-24-27(30-15-18)31-28(34)26(35-24)20-8-10-29-11-9-20/h1-7,12-13,15,20,22-23,26,29H,8-11,14,16-17H2,(H,30,31,34). The first-order chi connectivity index (χ1) is 17.1. The number of likely N-dealkylation sites (tertiary alicyclic amines) is 1. The topological polar surface area (TPSA) is 83.6 Å². The van der Waals surface area contributed by atoms with Gasteiger partial charge in [0.2, 0.25) is 5.91 Å². The summed E-state index contributed by atoms with van der Waals surface area (Å²) in [5, 5.41) is 6.20. The molecule has 0 saturated carbocycles. The highest BCUT2D eigenvalue weighted by molar-refractivity contribution is 5.97.